The van der Waals surface area contributed by atoms with Crippen LogP contribution in [0, 0.1) is 11.8 Å². The van der Waals surface area contributed by atoms with Gasteiger partial charge >= 0.3 is 0 Å². The van der Waals surface area contributed by atoms with Gasteiger partial charge in [-0.15, -0.1) is 5.92 Å². The third-order valence-electron chi connectivity index (χ3n) is 2.43. The number of benzene rings is 1. The highest BCUT2D eigenvalue weighted by molar-refractivity contribution is 5.42. The van der Waals surface area contributed by atoms with Crippen LogP contribution in [0.3, 0.4) is 0 Å². The second-order valence-corrected chi connectivity index (χ2v) is 3.73. The van der Waals surface area contributed by atoms with E-state index in [-0.39, 0.29) is 13.3 Å². The van der Waals surface area contributed by atoms with Crippen molar-refractivity contribution in [3.8, 4) is 11.8 Å². The lowest BCUT2D eigenvalue weighted by Gasteiger charge is -2.08. The number of anilines is 1. The summed E-state index contributed by atoms with van der Waals surface area (Å²) >= 11 is 0. The standard InChI is InChI=1S/C15H19N.CH4/c1-3-5-6-8-13(7-4-2)14-9-11-15(16)12-10-14;/h5-6,9-13H,3,8,16H2,1-2H3;1H4/b6-5+;. The quantitative estimate of drug-likeness (QED) is 0.463. The van der Waals surface area contributed by atoms with Crippen molar-refractivity contribution in [2.75, 3.05) is 5.73 Å². The molecular formula is C16H23N. The number of rotatable bonds is 4. The Morgan fingerprint density at radius 2 is 1.88 bits per heavy atom. The van der Waals surface area contributed by atoms with Gasteiger partial charge in [0.15, 0.2) is 0 Å². The molecule has 0 radical (unpaired) electrons. The molecule has 17 heavy (non-hydrogen) atoms. The summed E-state index contributed by atoms with van der Waals surface area (Å²) in [5.74, 6) is 6.51. The molecule has 1 nitrogen and oxygen atoms in total. The third-order valence-corrected chi connectivity index (χ3v) is 2.43. The van der Waals surface area contributed by atoms with Crippen LogP contribution in [0.2, 0.25) is 0 Å². The van der Waals surface area contributed by atoms with Gasteiger partial charge in [0.25, 0.3) is 0 Å². The molecule has 1 heteroatoms. The maximum Gasteiger partial charge on any atom is 0.0486 e. The molecule has 1 aromatic carbocycles. The maximum absolute atomic E-state index is 5.67. The molecule has 0 aliphatic carbocycles. The number of nitrogen functional groups attached to an aromatic ring is 1. The van der Waals surface area contributed by atoms with Crippen LogP contribution in [-0.4, -0.2) is 0 Å². The maximum atomic E-state index is 5.67. The van der Waals surface area contributed by atoms with Crippen LogP contribution in [0.5, 0.6) is 0 Å². The van der Waals surface area contributed by atoms with E-state index in [1.54, 1.807) is 0 Å². The van der Waals surface area contributed by atoms with Gasteiger partial charge in [-0.3, -0.25) is 0 Å². The van der Waals surface area contributed by atoms with E-state index in [2.05, 4.69) is 43.0 Å². The Morgan fingerprint density at radius 3 is 2.41 bits per heavy atom. The van der Waals surface area contributed by atoms with Crippen LogP contribution >= 0.6 is 0 Å². The van der Waals surface area contributed by atoms with Gasteiger partial charge in [-0.25, -0.2) is 0 Å². The van der Waals surface area contributed by atoms with E-state index in [4.69, 9.17) is 5.73 Å². The molecule has 0 amide bonds. The third kappa shape index (κ3) is 5.26. The molecule has 1 rings (SSSR count). The first-order valence-corrected chi connectivity index (χ1v) is 5.70. The van der Waals surface area contributed by atoms with Crippen LogP contribution in [-0.2, 0) is 0 Å². The summed E-state index contributed by atoms with van der Waals surface area (Å²) in [4.78, 5) is 0. The number of hydrogen-bond donors (Lipinski definition) is 1. The second kappa shape index (κ2) is 8.47. The van der Waals surface area contributed by atoms with Crippen LogP contribution in [0.1, 0.15) is 45.6 Å². The Labute approximate surface area is 106 Å². The molecule has 0 spiro atoms. The van der Waals surface area contributed by atoms with Gasteiger partial charge in [0, 0.05) is 11.6 Å². The molecule has 0 heterocycles. The topological polar surface area (TPSA) is 26.0 Å². The predicted octanol–water partition coefficient (Wildman–Crippen LogP) is 4.37. The van der Waals surface area contributed by atoms with Crippen LogP contribution in [0.4, 0.5) is 5.69 Å². The molecule has 0 bridgehead atoms. The Morgan fingerprint density at radius 1 is 1.24 bits per heavy atom. The van der Waals surface area contributed by atoms with E-state index in [0.717, 1.165) is 18.5 Å². The van der Waals surface area contributed by atoms with Crippen molar-refractivity contribution in [3.05, 3.63) is 42.0 Å². The lowest BCUT2D eigenvalue weighted by atomic mass is 9.96. The summed E-state index contributed by atoms with van der Waals surface area (Å²) < 4.78 is 0. The molecule has 0 fully saturated rings. The molecule has 0 aliphatic rings. The minimum absolute atomic E-state index is 0. The van der Waals surface area contributed by atoms with Crippen LogP contribution in [0.15, 0.2) is 36.4 Å². The highest BCUT2D eigenvalue weighted by Crippen LogP contribution is 2.20. The van der Waals surface area contributed by atoms with Gasteiger partial charge in [-0.1, -0.05) is 44.6 Å². The zero-order valence-electron chi connectivity index (χ0n) is 10.0. The molecule has 0 aliphatic heterocycles. The average molecular weight is 229 g/mol. The van der Waals surface area contributed by atoms with Crippen LogP contribution < -0.4 is 5.73 Å². The molecular weight excluding hydrogens is 206 g/mol. The SMILES string of the molecule is C.CC#CC(C/C=C/CC)c1ccc(N)cc1. The minimum Gasteiger partial charge on any atom is -0.399 e. The Kier molecular flexibility index (Phi) is 7.63. The molecule has 0 saturated heterocycles. The lowest BCUT2D eigenvalue weighted by Crippen LogP contribution is -1.95. The number of nitrogens with two attached hydrogens (primary N) is 1. The highest BCUT2D eigenvalue weighted by Gasteiger charge is 2.05. The molecule has 0 aromatic heterocycles. The summed E-state index contributed by atoms with van der Waals surface area (Å²) in [7, 11) is 0. The predicted molar refractivity (Wildman–Crippen MR) is 77.8 cm³/mol. The highest BCUT2D eigenvalue weighted by atomic mass is 14.5. The summed E-state index contributed by atoms with van der Waals surface area (Å²) in [6, 6.07) is 7.99. The minimum atomic E-state index is 0. The van der Waals surface area contributed by atoms with Gasteiger partial charge < -0.3 is 5.73 Å². The molecule has 1 atom stereocenters. The summed E-state index contributed by atoms with van der Waals surface area (Å²) in [5.41, 5.74) is 7.71. The van der Waals surface area contributed by atoms with Gasteiger partial charge in [-0.2, -0.15) is 0 Å². The first-order valence-electron chi connectivity index (χ1n) is 5.70. The number of allylic oxidation sites excluding steroid dienone is 2. The summed E-state index contributed by atoms with van der Waals surface area (Å²) in [6.07, 6.45) is 6.43. The van der Waals surface area contributed by atoms with Crippen molar-refractivity contribution in [2.24, 2.45) is 0 Å². The monoisotopic (exact) mass is 229 g/mol. The lowest BCUT2D eigenvalue weighted by molar-refractivity contribution is 0.888. The first kappa shape index (κ1) is 15.3. The van der Waals surface area contributed by atoms with Crippen molar-refractivity contribution in [3.63, 3.8) is 0 Å². The zero-order valence-corrected chi connectivity index (χ0v) is 10.0. The van der Waals surface area contributed by atoms with E-state index < -0.39 is 0 Å². The van der Waals surface area contributed by atoms with Gasteiger partial charge in [0.1, 0.15) is 0 Å². The Hall–Kier alpha value is -1.68. The Bertz CT molecular complexity index is 390. The normalized spacial score (nSPS) is 11.4. The molecule has 0 saturated carbocycles. The fourth-order valence-electron chi connectivity index (χ4n) is 1.58. The van der Waals surface area contributed by atoms with E-state index in [0.29, 0.717) is 0 Å². The zero-order chi connectivity index (χ0) is 11.8. The van der Waals surface area contributed by atoms with E-state index in [1.807, 2.05) is 19.1 Å². The summed E-state index contributed by atoms with van der Waals surface area (Å²) in [5, 5.41) is 0. The average Bonchev–Trinajstić information content (AvgIpc) is 2.29. The van der Waals surface area contributed by atoms with Crippen LogP contribution in [0.25, 0.3) is 0 Å². The van der Waals surface area contributed by atoms with Gasteiger partial charge in [-0.05, 0) is 37.5 Å². The van der Waals surface area contributed by atoms with Crippen molar-refractivity contribution < 1.29 is 0 Å². The second-order valence-electron chi connectivity index (χ2n) is 3.73. The van der Waals surface area contributed by atoms with Crippen molar-refractivity contribution in [1.82, 2.24) is 0 Å². The fourth-order valence-corrected chi connectivity index (χ4v) is 1.58. The van der Waals surface area contributed by atoms with Crippen molar-refractivity contribution >= 4 is 5.69 Å². The largest absolute Gasteiger partial charge is 0.399 e. The molecule has 2 N–H and O–H groups in total. The van der Waals surface area contributed by atoms with E-state index in [9.17, 15) is 0 Å². The fraction of sp³-hybridized carbons (Fsp3) is 0.375. The molecule has 1 unspecified atom stereocenters. The summed E-state index contributed by atoms with van der Waals surface area (Å²) in [6.45, 7) is 4.02. The number of hydrogen-bond acceptors (Lipinski definition) is 1. The molecule has 1 aromatic rings. The van der Waals surface area contributed by atoms with E-state index in [1.165, 1.54) is 5.56 Å². The first-order chi connectivity index (χ1) is 7.77. The van der Waals surface area contributed by atoms with E-state index >= 15 is 0 Å². The van der Waals surface area contributed by atoms with Gasteiger partial charge in [0.05, 0.1) is 0 Å². The van der Waals surface area contributed by atoms with Gasteiger partial charge in [0.2, 0.25) is 0 Å². The molecule has 92 valence electrons. The van der Waals surface area contributed by atoms with Crippen molar-refractivity contribution in [1.29, 1.82) is 0 Å². The van der Waals surface area contributed by atoms with Crippen molar-refractivity contribution in [2.45, 2.75) is 40.0 Å². The smallest absolute Gasteiger partial charge is 0.0486 e. The Balaban J connectivity index is 0.00000256.